The molecule has 0 aliphatic rings. The van der Waals surface area contributed by atoms with Gasteiger partial charge in [-0.15, -0.1) is 0 Å². The summed E-state index contributed by atoms with van der Waals surface area (Å²) < 4.78 is 0. The van der Waals surface area contributed by atoms with Gasteiger partial charge in [0, 0.05) is 5.97 Å². The average Bonchev–Trinajstić information content (AvgIpc) is 2.57. The van der Waals surface area contributed by atoms with Crippen LogP contribution in [0.3, 0.4) is 0 Å². The molecule has 0 amide bonds. The summed E-state index contributed by atoms with van der Waals surface area (Å²) in [4.78, 5) is 10.2. The molecule has 0 aromatic carbocycles. The van der Waals surface area contributed by atoms with E-state index in [0.29, 0.717) is 25.7 Å². The standard InChI is InChI=1S/C20H30O5/c1-2-17(21)11-8-5-9-14-18(22)12-6-3-4-7-13-19(23)15-10-16-20(24)25/h3-9,11-13,17-19,21-23H,2,10,14-16H2,1H3,(H,24,25)/p-1/b4-3+,9-5-,11-8+,12-6+,13-7-/t17-,18+,19-/m1/s1. The number of carboxylic acids is 1. The third-order valence-electron chi connectivity index (χ3n) is 3.26. The van der Waals surface area contributed by atoms with E-state index in [2.05, 4.69) is 0 Å². The van der Waals surface area contributed by atoms with Gasteiger partial charge in [-0.2, -0.15) is 0 Å². The highest BCUT2D eigenvalue weighted by Crippen LogP contribution is 2.02. The molecule has 0 heterocycles. The van der Waals surface area contributed by atoms with Crippen molar-refractivity contribution in [3.05, 3.63) is 60.8 Å². The molecule has 0 rings (SSSR count). The second kappa shape index (κ2) is 15.6. The molecule has 0 radical (unpaired) electrons. The summed E-state index contributed by atoms with van der Waals surface area (Å²) in [5, 5.41) is 38.9. The van der Waals surface area contributed by atoms with Crippen molar-refractivity contribution in [3.63, 3.8) is 0 Å². The van der Waals surface area contributed by atoms with Crippen molar-refractivity contribution in [2.24, 2.45) is 0 Å². The van der Waals surface area contributed by atoms with E-state index in [-0.39, 0.29) is 6.42 Å². The second-order valence-corrected chi connectivity index (χ2v) is 5.58. The number of carboxylic acid groups (broad SMARTS) is 1. The molecule has 0 aliphatic heterocycles. The minimum absolute atomic E-state index is 0.0508. The highest BCUT2D eigenvalue weighted by atomic mass is 16.4. The summed E-state index contributed by atoms with van der Waals surface area (Å²) in [6.07, 6.45) is 17.3. The SMILES string of the molecule is CC[C@@H](O)/C=C/C=C\C[C@@H](O)/C=C/C=C/C=C\[C@@H](O)CCCC(=O)[O-]. The van der Waals surface area contributed by atoms with E-state index in [1.54, 1.807) is 54.7 Å². The largest absolute Gasteiger partial charge is 0.550 e. The molecule has 0 bridgehead atoms. The van der Waals surface area contributed by atoms with Crippen molar-refractivity contribution in [1.29, 1.82) is 0 Å². The number of allylic oxidation sites excluding steroid dienone is 6. The number of aliphatic hydroxyl groups is 3. The Morgan fingerprint density at radius 2 is 1.44 bits per heavy atom. The molecule has 0 aromatic heterocycles. The minimum Gasteiger partial charge on any atom is -0.550 e. The van der Waals surface area contributed by atoms with Crippen LogP contribution in [0.2, 0.25) is 0 Å². The zero-order valence-electron chi connectivity index (χ0n) is 14.7. The summed E-state index contributed by atoms with van der Waals surface area (Å²) in [7, 11) is 0. The maximum Gasteiger partial charge on any atom is 0.0758 e. The molecular formula is C20H29O5-. The third-order valence-corrected chi connectivity index (χ3v) is 3.26. The van der Waals surface area contributed by atoms with Gasteiger partial charge in [-0.25, -0.2) is 0 Å². The number of aliphatic hydroxyl groups excluding tert-OH is 3. The zero-order chi connectivity index (χ0) is 18.9. The van der Waals surface area contributed by atoms with Crippen LogP contribution in [-0.2, 0) is 4.79 Å². The molecule has 0 aromatic rings. The Bertz CT molecular complexity index is 488. The first kappa shape index (κ1) is 23.1. The van der Waals surface area contributed by atoms with E-state index in [9.17, 15) is 25.2 Å². The smallest absolute Gasteiger partial charge is 0.0758 e. The molecular weight excluding hydrogens is 320 g/mol. The van der Waals surface area contributed by atoms with Gasteiger partial charge in [0.1, 0.15) is 0 Å². The molecule has 0 saturated carbocycles. The Labute approximate surface area is 150 Å². The highest BCUT2D eigenvalue weighted by molar-refractivity contribution is 5.64. The quantitative estimate of drug-likeness (QED) is 0.438. The van der Waals surface area contributed by atoms with E-state index < -0.39 is 24.3 Å². The predicted octanol–water partition coefficient (Wildman–Crippen LogP) is 1.57. The Hall–Kier alpha value is -1.95. The van der Waals surface area contributed by atoms with Crippen molar-refractivity contribution in [2.45, 2.75) is 57.3 Å². The van der Waals surface area contributed by atoms with Gasteiger partial charge >= 0.3 is 0 Å². The van der Waals surface area contributed by atoms with Crippen LogP contribution in [0.1, 0.15) is 39.0 Å². The van der Waals surface area contributed by atoms with Crippen LogP contribution >= 0.6 is 0 Å². The first-order valence-electron chi connectivity index (χ1n) is 8.54. The molecule has 0 unspecified atom stereocenters. The van der Waals surface area contributed by atoms with Crippen LogP contribution in [0.5, 0.6) is 0 Å². The van der Waals surface area contributed by atoms with Crippen molar-refractivity contribution in [3.8, 4) is 0 Å². The molecule has 140 valence electrons. The Morgan fingerprint density at radius 1 is 0.880 bits per heavy atom. The zero-order valence-corrected chi connectivity index (χ0v) is 14.7. The monoisotopic (exact) mass is 349 g/mol. The number of carbonyl (C=O) groups is 1. The van der Waals surface area contributed by atoms with Crippen molar-refractivity contribution < 1.29 is 25.2 Å². The average molecular weight is 349 g/mol. The normalized spacial score (nSPS) is 16.6. The van der Waals surface area contributed by atoms with Crippen LogP contribution < -0.4 is 5.11 Å². The summed E-state index contributed by atoms with van der Waals surface area (Å²) in [6, 6.07) is 0. The predicted molar refractivity (Wildman–Crippen MR) is 97.5 cm³/mol. The van der Waals surface area contributed by atoms with E-state index in [1.165, 1.54) is 0 Å². The van der Waals surface area contributed by atoms with Gasteiger partial charge in [0.15, 0.2) is 0 Å². The van der Waals surface area contributed by atoms with E-state index in [4.69, 9.17) is 0 Å². The van der Waals surface area contributed by atoms with E-state index in [1.807, 2.05) is 13.0 Å². The first-order chi connectivity index (χ1) is 12.0. The fourth-order valence-corrected chi connectivity index (χ4v) is 1.77. The van der Waals surface area contributed by atoms with Gasteiger partial charge < -0.3 is 25.2 Å². The van der Waals surface area contributed by atoms with Gasteiger partial charge in [0.2, 0.25) is 0 Å². The molecule has 0 saturated heterocycles. The van der Waals surface area contributed by atoms with Gasteiger partial charge in [0.05, 0.1) is 18.3 Å². The maximum absolute atomic E-state index is 10.2. The number of hydrogen-bond acceptors (Lipinski definition) is 5. The van der Waals surface area contributed by atoms with Gasteiger partial charge in [-0.3, -0.25) is 0 Å². The number of aliphatic carboxylic acids is 1. The lowest BCUT2D eigenvalue weighted by Gasteiger charge is -2.04. The van der Waals surface area contributed by atoms with Crippen LogP contribution in [0, 0.1) is 0 Å². The summed E-state index contributed by atoms with van der Waals surface area (Å²) in [6.45, 7) is 1.90. The summed E-state index contributed by atoms with van der Waals surface area (Å²) >= 11 is 0. The van der Waals surface area contributed by atoms with Crippen molar-refractivity contribution in [1.82, 2.24) is 0 Å². The van der Waals surface area contributed by atoms with E-state index >= 15 is 0 Å². The fraction of sp³-hybridized carbons (Fsp3) is 0.450. The summed E-state index contributed by atoms with van der Waals surface area (Å²) in [5.74, 6) is -1.11. The Balaban J connectivity index is 3.95. The lowest BCUT2D eigenvalue weighted by Crippen LogP contribution is -2.22. The number of rotatable bonds is 13. The van der Waals surface area contributed by atoms with Gasteiger partial charge in [0.25, 0.3) is 0 Å². The number of hydrogen-bond donors (Lipinski definition) is 3. The molecule has 3 N–H and O–H groups in total. The third kappa shape index (κ3) is 16.7. The van der Waals surface area contributed by atoms with Crippen molar-refractivity contribution in [2.75, 3.05) is 0 Å². The number of carbonyl (C=O) groups excluding carboxylic acids is 1. The van der Waals surface area contributed by atoms with Gasteiger partial charge in [-0.1, -0.05) is 67.7 Å². The van der Waals surface area contributed by atoms with E-state index in [0.717, 1.165) is 0 Å². The Morgan fingerprint density at radius 3 is 2.04 bits per heavy atom. The fourth-order valence-electron chi connectivity index (χ4n) is 1.77. The molecule has 0 spiro atoms. The Kier molecular flexibility index (Phi) is 14.4. The van der Waals surface area contributed by atoms with Crippen LogP contribution in [0.25, 0.3) is 0 Å². The maximum atomic E-state index is 10.2. The molecule has 0 fully saturated rings. The molecule has 25 heavy (non-hydrogen) atoms. The van der Waals surface area contributed by atoms with Crippen LogP contribution in [-0.4, -0.2) is 39.6 Å². The lowest BCUT2D eigenvalue weighted by molar-refractivity contribution is -0.305. The van der Waals surface area contributed by atoms with Crippen LogP contribution in [0.15, 0.2) is 60.8 Å². The van der Waals surface area contributed by atoms with Crippen molar-refractivity contribution >= 4 is 5.97 Å². The first-order valence-corrected chi connectivity index (χ1v) is 8.54. The molecule has 3 atom stereocenters. The molecule has 0 aliphatic carbocycles. The second-order valence-electron chi connectivity index (χ2n) is 5.58. The minimum atomic E-state index is -1.11. The van der Waals surface area contributed by atoms with Gasteiger partial charge in [-0.05, 0) is 32.1 Å². The molecule has 5 heteroatoms. The lowest BCUT2D eigenvalue weighted by atomic mass is 10.1. The topological polar surface area (TPSA) is 101 Å². The van der Waals surface area contributed by atoms with Crippen LogP contribution in [0.4, 0.5) is 0 Å². The molecule has 5 nitrogen and oxygen atoms in total. The summed E-state index contributed by atoms with van der Waals surface area (Å²) in [5.41, 5.74) is 0. The highest BCUT2D eigenvalue weighted by Gasteiger charge is 1.97.